The Hall–Kier alpha value is -1.94. The lowest BCUT2D eigenvalue weighted by Crippen LogP contribution is -2.30. The summed E-state index contributed by atoms with van der Waals surface area (Å²) < 4.78 is 68.8. The molecule has 0 amide bonds. The van der Waals surface area contributed by atoms with Crippen LogP contribution in [0.4, 0.5) is 0 Å². The molecule has 0 saturated heterocycles. The third-order valence-electron chi connectivity index (χ3n) is 19.6. The molecule has 17 nitrogen and oxygen atoms in total. The van der Waals surface area contributed by atoms with Crippen LogP contribution in [0.1, 0.15) is 440 Å². The summed E-state index contributed by atoms with van der Waals surface area (Å²) >= 11 is 0. The predicted octanol–water partition coefficient (Wildman–Crippen LogP) is 25.3. The zero-order valence-electron chi connectivity index (χ0n) is 67.8. The number of hydrogen-bond donors (Lipinski definition) is 3. The average Bonchev–Trinajstić information content (AvgIpc) is 0.913. The van der Waals surface area contributed by atoms with E-state index >= 15 is 0 Å². The smallest absolute Gasteiger partial charge is 0.462 e. The molecule has 2 unspecified atom stereocenters. The number of hydrogen-bond acceptors (Lipinski definition) is 15. The Morgan fingerprint density at radius 2 is 0.447 bits per heavy atom. The molecule has 0 radical (unpaired) electrons. The van der Waals surface area contributed by atoms with Gasteiger partial charge in [0.25, 0.3) is 0 Å². The number of unbranched alkanes of at least 4 members (excludes halogenated alkanes) is 50. The molecule has 612 valence electrons. The predicted molar refractivity (Wildman–Crippen MR) is 423 cm³/mol. The molecule has 0 aromatic carbocycles. The first-order valence-electron chi connectivity index (χ1n) is 43.3. The zero-order chi connectivity index (χ0) is 75.8. The minimum atomic E-state index is -4.96. The van der Waals surface area contributed by atoms with Crippen LogP contribution in [0, 0.1) is 17.8 Å². The summed E-state index contributed by atoms with van der Waals surface area (Å²) in [6, 6.07) is 0. The van der Waals surface area contributed by atoms with E-state index < -0.39 is 97.5 Å². The third-order valence-corrected chi connectivity index (χ3v) is 21.5. The molecule has 5 atom stereocenters. The van der Waals surface area contributed by atoms with Crippen molar-refractivity contribution in [1.82, 2.24) is 0 Å². The Bertz CT molecular complexity index is 1990. The first kappa shape index (κ1) is 101. The summed E-state index contributed by atoms with van der Waals surface area (Å²) in [5, 5.41) is 10.7. The van der Waals surface area contributed by atoms with Gasteiger partial charge in [-0.3, -0.25) is 37.3 Å². The average molecular weight is 1510 g/mol. The molecule has 0 aliphatic rings. The van der Waals surface area contributed by atoms with Crippen LogP contribution in [0.25, 0.3) is 0 Å². The SMILES string of the molecule is CCCCCCCCCCCCCCCCCCCCCC(=O)OC[C@H](COP(=O)(O)OC[C@@H](O)COP(=O)(O)OC[C@@H](COC(=O)CCCCCCCCC(C)C)OC(=O)CCCCCCCCCCCCCCCC(C)C)OC(=O)CCCCCCCCCCCCCCCCCCC(C)C. The highest BCUT2D eigenvalue weighted by Gasteiger charge is 2.30. The molecule has 0 aromatic rings. The van der Waals surface area contributed by atoms with Gasteiger partial charge >= 0.3 is 39.5 Å². The standard InChI is InChI=1S/C84H164O17P2/c1-8-9-10-11-12-13-14-15-16-17-18-19-23-28-33-38-43-51-58-65-81(86)94-71-79(100-83(88)67-60-53-44-39-34-29-24-21-20-22-26-31-36-41-48-55-62-75(2)3)73-98-102(90,91)96-69-78(85)70-97-103(92,93)99-74-80(72-95-82(87)66-59-52-47-46-50-57-64-77(6)7)101-84(89)68-61-54-45-40-35-30-25-27-32-37-42-49-56-63-76(4)5/h75-80,85H,8-74H2,1-7H3,(H,90,91)(H,92,93)/t78-,79-,80-/m1/s1. The Kier molecular flexibility index (Phi) is 72.8. The highest BCUT2D eigenvalue weighted by atomic mass is 31.2. The second-order valence-electron chi connectivity index (χ2n) is 31.6. The van der Waals surface area contributed by atoms with E-state index in [-0.39, 0.29) is 25.7 Å². The minimum Gasteiger partial charge on any atom is -0.462 e. The molecule has 0 bridgehead atoms. The number of ether oxygens (including phenoxy) is 4. The monoisotopic (exact) mass is 1510 g/mol. The number of esters is 4. The molecule has 0 fully saturated rings. The van der Waals surface area contributed by atoms with E-state index in [0.29, 0.717) is 31.6 Å². The van der Waals surface area contributed by atoms with Crippen LogP contribution in [0.3, 0.4) is 0 Å². The van der Waals surface area contributed by atoms with Crippen molar-refractivity contribution in [3.8, 4) is 0 Å². The molecule has 3 N–H and O–H groups in total. The van der Waals surface area contributed by atoms with E-state index in [0.717, 1.165) is 108 Å². The fraction of sp³-hybridized carbons (Fsp3) is 0.952. The molecule has 0 rings (SSSR count). The number of carbonyl (C=O) groups is 4. The third kappa shape index (κ3) is 78.0. The molecule has 0 aromatic heterocycles. The maximum atomic E-state index is 13.1. The molecule has 0 aliphatic heterocycles. The van der Waals surface area contributed by atoms with E-state index in [1.807, 2.05) is 0 Å². The van der Waals surface area contributed by atoms with Gasteiger partial charge in [0.15, 0.2) is 12.2 Å². The largest absolute Gasteiger partial charge is 0.472 e. The quantitative estimate of drug-likeness (QED) is 0.0222. The van der Waals surface area contributed by atoms with E-state index in [1.165, 1.54) is 244 Å². The van der Waals surface area contributed by atoms with Gasteiger partial charge in [0.1, 0.15) is 19.3 Å². The van der Waals surface area contributed by atoms with Crippen LogP contribution in [0.2, 0.25) is 0 Å². The van der Waals surface area contributed by atoms with Crippen LogP contribution in [-0.2, 0) is 65.4 Å². The Balaban J connectivity index is 5.22. The number of aliphatic hydroxyl groups excluding tert-OH is 1. The fourth-order valence-corrected chi connectivity index (χ4v) is 14.6. The van der Waals surface area contributed by atoms with Gasteiger partial charge in [-0.15, -0.1) is 0 Å². The molecular formula is C84H164O17P2. The molecule has 0 spiro atoms. The summed E-state index contributed by atoms with van der Waals surface area (Å²) in [6.45, 7) is 11.9. The van der Waals surface area contributed by atoms with E-state index in [2.05, 4.69) is 48.5 Å². The van der Waals surface area contributed by atoms with Crippen LogP contribution >= 0.6 is 15.6 Å². The van der Waals surface area contributed by atoms with Crippen molar-refractivity contribution < 1.29 is 80.2 Å². The summed E-state index contributed by atoms with van der Waals surface area (Å²) in [5.74, 6) is 0.166. The van der Waals surface area contributed by atoms with Gasteiger partial charge in [0.2, 0.25) is 0 Å². The number of rotatable bonds is 82. The molecular weight excluding hydrogens is 1340 g/mol. The Labute approximate surface area is 632 Å². The molecule has 0 saturated carbocycles. The number of aliphatic hydroxyl groups is 1. The van der Waals surface area contributed by atoms with Crippen molar-refractivity contribution in [2.45, 2.75) is 458 Å². The summed E-state index contributed by atoms with van der Waals surface area (Å²) in [4.78, 5) is 73.1. The van der Waals surface area contributed by atoms with E-state index in [9.17, 15) is 43.2 Å². The van der Waals surface area contributed by atoms with Crippen molar-refractivity contribution in [2.75, 3.05) is 39.6 Å². The van der Waals surface area contributed by atoms with Gasteiger partial charge in [-0.1, -0.05) is 389 Å². The molecule has 103 heavy (non-hydrogen) atoms. The van der Waals surface area contributed by atoms with Crippen LogP contribution in [0.15, 0.2) is 0 Å². The summed E-state index contributed by atoms with van der Waals surface area (Å²) in [5.41, 5.74) is 0. The second kappa shape index (κ2) is 74.2. The van der Waals surface area contributed by atoms with E-state index in [1.54, 1.807) is 0 Å². The van der Waals surface area contributed by atoms with Crippen LogP contribution in [-0.4, -0.2) is 96.7 Å². The molecule has 19 heteroatoms. The summed E-state index contributed by atoms with van der Waals surface area (Å²) in [6.07, 6.45) is 64.1. The van der Waals surface area contributed by atoms with Gasteiger partial charge in [0.05, 0.1) is 26.4 Å². The lowest BCUT2D eigenvalue weighted by molar-refractivity contribution is -0.161. The second-order valence-corrected chi connectivity index (χ2v) is 34.6. The lowest BCUT2D eigenvalue weighted by Gasteiger charge is -2.21. The van der Waals surface area contributed by atoms with Gasteiger partial charge in [-0.05, 0) is 43.4 Å². The zero-order valence-corrected chi connectivity index (χ0v) is 69.6. The minimum absolute atomic E-state index is 0.106. The van der Waals surface area contributed by atoms with E-state index in [4.69, 9.17) is 37.0 Å². The maximum absolute atomic E-state index is 13.1. The first-order valence-corrected chi connectivity index (χ1v) is 46.3. The van der Waals surface area contributed by atoms with Crippen molar-refractivity contribution in [2.24, 2.45) is 17.8 Å². The van der Waals surface area contributed by atoms with Crippen LogP contribution < -0.4 is 0 Å². The molecule has 0 heterocycles. The fourth-order valence-electron chi connectivity index (χ4n) is 13.0. The van der Waals surface area contributed by atoms with Crippen molar-refractivity contribution in [3.63, 3.8) is 0 Å². The molecule has 0 aliphatic carbocycles. The Morgan fingerprint density at radius 3 is 0.660 bits per heavy atom. The summed E-state index contributed by atoms with van der Waals surface area (Å²) in [7, 11) is -9.92. The van der Waals surface area contributed by atoms with Crippen molar-refractivity contribution in [1.29, 1.82) is 0 Å². The van der Waals surface area contributed by atoms with Gasteiger partial charge in [0, 0.05) is 25.7 Å². The highest BCUT2D eigenvalue weighted by molar-refractivity contribution is 7.47. The number of phosphoric acid groups is 2. The lowest BCUT2D eigenvalue weighted by atomic mass is 10.0. The van der Waals surface area contributed by atoms with Crippen LogP contribution in [0.5, 0.6) is 0 Å². The first-order chi connectivity index (χ1) is 49.7. The normalized spacial score (nSPS) is 13.9. The van der Waals surface area contributed by atoms with Gasteiger partial charge < -0.3 is 33.8 Å². The maximum Gasteiger partial charge on any atom is 0.472 e. The topological polar surface area (TPSA) is 237 Å². The van der Waals surface area contributed by atoms with Gasteiger partial charge in [-0.2, -0.15) is 0 Å². The van der Waals surface area contributed by atoms with Crippen molar-refractivity contribution >= 4 is 39.5 Å². The van der Waals surface area contributed by atoms with Crippen molar-refractivity contribution in [3.05, 3.63) is 0 Å². The Morgan fingerprint density at radius 1 is 0.262 bits per heavy atom. The van der Waals surface area contributed by atoms with Gasteiger partial charge in [-0.25, -0.2) is 9.13 Å². The number of phosphoric ester groups is 2. The highest BCUT2D eigenvalue weighted by Crippen LogP contribution is 2.45. The number of carbonyl (C=O) groups excluding carboxylic acids is 4.